The number of nitrogens with zero attached hydrogens (tertiary/aromatic N) is 3. The Morgan fingerprint density at radius 3 is 2.85 bits per heavy atom. The Balaban J connectivity index is 2.04. The molecule has 0 amide bonds. The number of aromatic nitrogens is 2. The van der Waals surface area contributed by atoms with Gasteiger partial charge in [-0.1, -0.05) is 18.2 Å². The van der Waals surface area contributed by atoms with Crippen molar-refractivity contribution in [3.8, 4) is 0 Å². The average molecular weight is 274 g/mol. The highest BCUT2D eigenvalue weighted by molar-refractivity contribution is 5.50. The van der Waals surface area contributed by atoms with Gasteiger partial charge in [0.25, 0.3) is 0 Å². The van der Waals surface area contributed by atoms with Crippen LogP contribution in [0.5, 0.6) is 0 Å². The molecule has 0 aliphatic carbocycles. The minimum atomic E-state index is -0.572. The monoisotopic (exact) mass is 274 g/mol. The average Bonchev–Trinajstić information content (AvgIpc) is 2.42. The molecule has 0 unspecified atom stereocenters. The molecule has 7 nitrogen and oxygen atoms in total. The summed E-state index contributed by atoms with van der Waals surface area (Å²) in [5.74, 6) is 0. The normalized spacial score (nSPS) is 10.2. The van der Waals surface area contributed by atoms with Gasteiger partial charge in [0.2, 0.25) is 0 Å². The van der Waals surface area contributed by atoms with E-state index in [9.17, 15) is 14.9 Å². The van der Waals surface area contributed by atoms with Gasteiger partial charge in [0.1, 0.15) is 6.20 Å². The maximum atomic E-state index is 11.5. The minimum absolute atomic E-state index is 0.194. The second-order valence-corrected chi connectivity index (χ2v) is 4.29. The lowest BCUT2D eigenvalue weighted by atomic mass is 10.2. The molecule has 0 spiro atoms. The zero-order valence-electron chi connectivity index (χ0n) is 10.9. The molecule has 1 aromatic heterocycles. The standard InChI is InChI=1S/C13H14N4O3/c1-10-4-2-3-5-12(10)14-6-7-16-9-11(17(19)20)8-15-13(16)18/h2-5,8-9,14H,6-7H2,1H3. The Morgan fingerprint density at radius 1 is 1.40 bits per heavy atom. The van der Waals surface area contributed by atoms with Crippen LogP contribution in [0.25, 0.3) is 0 Å². The number of hydrogen-bond acceptors (Lipinski definition) is 5. The van der Waals surface area contributed by atoms with E-state index in [2.05, 4.69) is 10.3 Å². The molecule has 0 fully saturated rings. The predicted octanol–water partition coefficient (Wildman–Crippen LogP) is 1.57. The summed E-state index contributed by atoms with van der Waals surface area (Å²) in [7, 11) is 0. The Hall–Kier alpha value is -2.70. The number of anilines is 1. The van der Waals surface area contributed by atoms with E-state index in [1.165, 1.54) is 10.8 Å². The fraction of sp³-hybridized carbons (Fsp3) is 0.231. The van der Waals surface area contributed by atoms with Crippen LogP contribution in [0.3, 0.4) is 0 Å². The lowest BCUT2D eigenvalue weighted by Crippen LogP contribution is -2.25. The summed E-state index contributed by atoms with van der Waals surface area (Å²) >= 11 is 0. The first-order chi connectivity index (χ1) is 9.58. The van der Waals surface area contributed by atoms with Gasteiger partial charge >= 0.3 is 11.4 Å². The van der Waals surface area contributed by atoms with Crippen molar-refractivity contribution in [1.29, 1.82) is 0 Å². The van der Waals surface area contributed by atoms with Gasteiger partial charge in [-0.05, 0) is 18.6 Å². The van der Waals surface area contributed by atoms with E-state index in [1.807, 2.05) is 31.2 Å². The molecular formula is C13H14N4O3. The molecule has 7 heteroatoms. The largest absolute Gasteiger partial charge is 0.383 e. The molecule has 0 aliphatic heterocycles. The van der Waals surface area contributed by atoms with Crippen LogP contribution >= 0.6 is 0 Å². The lowest BCUT2D eigenvalue weighted by Gasteiger charge is -2.10. The van der Waals surface area contributed by atoms with Gasteiger partial charge < -0.3 is 5.32 Å². The smallest absolute Gasteiger partial charge is 0.348 e. The Kier molecular flexibility index (Phi) is 4.09. The first-order valence-electron chi connectivity index (χ1n) is 6.08. The van der Waals surface area contributed by atoms with Crippen LogP contribution < -0.4 is 11.0 Å². The number of aryl methyl sites for hydroxylation is 1. The fourth-order valence-electron chi connectivity index (χ4n) is 1.78. The lowest BCUT2D eigenvalue weighted by molar-refractivity contribution is -0.385. The maximum Gasteiger partial charge on any atom is 0.348 e. The zero-order chi connectivity index (χ0) is 14.5. The van der Waals surface area contributed by atoms with Crippen LogP contribution in [0.2, 0.25) is 0 Å². The van der Waals surface area contributed by atoms with E-state index in [4.69, 9.17) is 0 Å². The minimum Gasteiger partial charge on any atom is -0.383 e. The van der Waals surface area contributed by atoms with Gasteiger partial charge in [0.05, 0.1) is 11.1 Å². The van der Waals surface area contributed by atoms with Crippen molar-refractivity contribution >= 4 is 11.4 Å². The summed E-state index contributed by atoms with van der Waals surface area (Å²) in [6.45, 7) is 2.76. The van der Waals surface area contributed by atoms with Crippen molar-refractivity contribution in [3.05, 3.63) is 62.8 Å². The molecule has 0 saturated carbocycles. The summed E-state index contributed by atoms with van der Waals surface area (Å²) in [4.78, 5) is 25.1. The number of benzene rings is 1. The van der Waals surface area contributed by atoms with Crippen LogP contribution in [0, 0.1) is 17.0 Å². The third kappa shape index (κ3) is 3.19. The summed E-state index contributed by atoms with van der Waals surface area (Å²) in [6.07, 6.45) is 2.17. The first kappa shape index (κ1) is 13.7. The number of rotatable bonds is 5. The molecule has 0 aliphatic rings. The van der Waals surface area contributed by atoms with Crippen molar-refractivity contribution in [3.63, 3.8) is 0 Å². The second-order valence-electron chi connectivity index (χ2n) is 4.29. The third-order valence-electron chi connectivity index (χ3n) is 2.87. The van der Waals surface area contributed by atoms with E-state index < -0.39 is 10.6 Å². The highest BCUT2D eigenvalue weighted by atomic mass is 16.6. The molecule has 2 rings (SSSR count). The number of nitrogens with one attached hydrogen (secondary N) is 1. The highest BCUT2D eigenvalue weighted by Crippen LogP contribution is 2.12. The molecule has 0 saturated heterocycles. The van der Waals surface area contributed by atoms with Gasteiger partial charge in [0, 0.05) is 18.8 Å². The molecule has 1 N–H and O–H groups in total. The zero-order valence-corrected chi connectivity index (χ0v) is 10.9. The van der Waals surface area contributed by atoms with Crippen LogP contribution in [0.4, 0.5) is 11.4 Å². The van der Waals surface area contributed by atoms with E-state index in [1.54, 1.807) is 0 Å². The Morgan fingerprint density at radius 2 is 2.15 bits per heavy atom. The SMILES string of the molecule is Cc1ccccc1NCCn1cc([N+](=O)[O-])cnc1=O. The molecule has 20 heavy (non-hydrogen) atoms. The van der Waals surface area contributed by atoms with Gasteiger partial charge in [-0.25, -0.2) is 4.79 Å². The van der Waals surface area contributed by atoms with Gasteiger partial charge in [-0.2, -0.15) is 4.98 Å². The quantitative estimate of drug-likeness (QED) is 0.660. The first-order valence-corrected chi connectivity index (χ1v) is 6.08. The van der Waals surface area contributed by atoms with Crippen LogP contribution in [-0.2, 0) is 6.54 Å². The number of hydrogen-bond donors (Lipinski definition) is 1. The van der Waals surface area contributed by atoms with Crippen LogP contribution in [0.1, 0.15) is 5.56 Å². The van der Waals surface area contributed by atoms with Gasteiger partial charge in [0.15, 0.2) is 0 Å². The molecule has 2 aromatic rings. The summed E-state index contributed by atoms with van der Waals surface area (Å²) in [5.41, 5.74) is 1.37. The molecule has 1 heterocycles. The van der Waals surface area contributed by atoms with E-state index in [0.29, 0.717) is 13.1 Å². The third-order valence-corrected chi connectivity index (χ3v) is 2.87. The molecule has 0 atom stereocenters. The highest BCUT2D eigenvalue weighted by Gasteiger charge is 2.08. The Labute approximate surface area is 115 Å². The number of nitro groups is 1. The molecule has 0 radical (unpaired) electrons. The van der Waals surface area contributed by atoms with Crippen molar-refractivity contribution in [1.82, 2.24) is 9.55 Å². The Bertz CT molecular complexity index is 681. The number of para-hydroxylation sites is 1. The van der Waals surface area contributed by atoms with Crippen LogP contribution in [0.15, 0.2) is 41.5 Å². The van der Waals surface area contributed by atoms with Crippen molar-refractivity contribution < 1.29 is 4.92 Å². The maximum absolute atomic E-state index is 11.5. The van der Waals surface area contributed by atoms with Gasteiger partial charge in [-0.15, -0.1) is 0 Å². The van der Waals surface area contributed by atoms with Crippen molar-refractivity contribution in [2.45, 2.75) is 13.5 Å². The summed E-state index contributed by atoms with van der Waals surface area (Å²) in [5, 5.41) is 13.8. The van der Waals surface area contributed by atoms with E-state index >= 15 is 0 Å². The van der Waals surface area contributed by atoms with Crippen molar-refractivity contribution in [2.75, 3.05) is 11.9 Å². The predicted molar refractivity (Wildman–Crippen MR) is 74.8 cm³/mol. The second kappa shape index (κ2) is 5.96. The molecular weight excluding hydrogens is 260 g/mol. The fourth-order valence-corrected chi connectivity index (χ4v) is 1.78. The summed E-state index contributed by atoms with van der Waals surface area (Å²) < 4.78 is 1.23. The van der Waals surface area contributed by atoms with E-state index in [0.717, 1.165) is 17.4 Å². The van der Waals surface area contributed by atoms with E-state index in [-0.39, 0.29) is 5.69 Å². The molecule has 0 bridgehead atoms. The summed E-state index contributed by atoms with van der Waals surface area (Å²) in [6, 6.07) is 7.76. The van der Waals surface area contributed by atoms with Crippen molar-refractivity contribution in [2.24, 2.45) is 0 Å². The molecule has 1 aromatic carbocycles. The molecule has 104 valence electrons. The topological polar surface area (TPSA) is 90.1 Å². The van der Waals surface area contributed by atoms with Gasteiger partial charge in [-0.3, -0.25) is 14.7 Å². The van der Waals surface area contributed by atoms with Crippen LogP contribution in [-0.4, -0.2) is 21.0 Å².